The van der Waals surface area contributed by atoms with Gasteiger partial charge in [0, 0.05) is 17.5 Å². The second-order valence-corrected chi connectivity index (χ2v) is 5.91. The third-order valence-electron chi connectivity index (χ3n) is 3.27. The van der Waals surface area contributed by atoms with Crippen molar-refractivity contribution < 1.29 is 0 Å². The summed E-state index contributed by atoms with van der Waals surface area (Å²) in [4.78, 5) is 4.72. The van der Waals surface area contributed by atoms with E-state index in [2.05, 4.69) is 58.8 Å². The van der Waals surface area contributed by atoms with E-state index in [9.17, 15) is 0 Å². The number of nitrogens with zero attached hydrogens (tertiary/aromatic N) is 3. The van der Waals surface area contributed by atoms with Gasteiger partial charge in [0.2, 0.25) is 0 Å². The van der Waals surface area contributed by atoms with Crippen LogP contribution in [0.3, 0.4) is 0 Å². The summed E-state index contributed by atoms with van der Waals surface area (Å²) >= 11 is 0. The predicted octanol–water partition coefficient (Wildman–Crippen LogP) is 4.10. The van der Waals surface area contributed by atoms with E-state index in [0.29, 0.717) is 17.8 Å². The first-order chi connectivity index (χ1) is 8.40. The van der Waals surface area contributed by atoms with Crippen LogP contribution in [0.2, 0.25) is 0 Å². The molecule has 2 aromatic heterocycles. The maximum atomic E-state index is 4.72. The molecule has 0 amide bonds. The molecule has 0 unspecified atom stereocenters. The van der Waals surface area contributed by atoms with Gasteiger partial charge in [-0.2, -0.15) is 5.10 Å². The molecular weight excluding hydrogens is 222 g/mol. The van der Waals surface area contributed by atoms with Crippen molar-refractivity contribution in [2.24, 2.45) is 0 Å². The van der Waals surface area contributed by atoms with Crippen LogP contribution in [0.1, 0.15) is 76.4 Å². The Morgan fingerprint density at radius 3 is 1.94 bits per heavy atom. The van der Waals surface area contributed by atoms with E-state index in [0.717, 1.165) is 17.0 Å². The van der Waals surface area contributed by atoms with Crippen LogP contribution in [-0.2, 0) is 0 Å². The zero-order valence-corrected chi connectivity index (χ0v) is 12.2. The van der Waals surface area contributed by atoms with Gasteiger partial charge in [-0.25, -0.2) is 9.50 Å². The Labute approximate surface area is 109 Å². The highest BCUT2D eigenvalue weighted by molar-refractivity contribution is 5.43. The third-order valence-corrected chi connectivity index (χ3v) is 3.27. The maximum Gasteiger partial charge on any atom is 0.155 e. The van der Waals surface area contributed by atoms with Crippen LogP contribution in [-0.4, -0.2) is 14.6 Å². The Balaban J connectivity index is 2.69. The molecule has 2 heterocycles. The number of hydrogen-bond acceptors (Lipinski definition) is 2. The maximum absolute atomic E-state index is 4.72. The van der Waals surface area contributed by atoms with Crippen LogP contribution in [0.4, 0.5) is 0 Å². The highest BCUT2D eigenvalue weighted by Crippen LogP contribution is 2.23. The third kappa shape index (κ3) is 2.26. The Bertz CT molecular complexity index is 550. The molecule has 3 heteroatoms. The lowest BCUT2D eigenvalue weighted by atomic mass is 10.1. The molecule has 0 saturated heterocycles. The molecule has 0 N–H and O–H groups in total. The van der Waals surface area contributed by atoms with Crippen LogP contribution >= 0.6 is 0 Å². The lowest BCUT2D eigenvalue weighted by molar-refractivity contribution is 0.706. The Morgan fingerprint density at radius 1 is 0.833 bits per heavy atom. The number of rotatable bonds is 3. The van der Waals surface area contributed by atoms with Gasteiger partial charge in [-0.3, -0.25) is 0 Å². The molecule has 0 aliphatic rings. The molecule has 98 valence electrons. The van der Waals surface area contributed by atoms with E-state index in [1.165, 1.54) is 5.69 Å². The molecule has 0 bridgehead atoms. The van der Waals surface area contributed by atoms with Crippen LogP contribution in [0.15, 0.2) is 12.1 Å². The van der Waals surface area contributed by atoms with Crippen molar-refractivity contribution >= 4 is 5.65 Å². The largest absolute Gasteiger partial charge is 0.233 e. The summed E-state index contributed by atoms with van der Waals surface area (Å²) in [5.41, 5.74) is 4.50. The molecule has 2 aromatic rings. The topological polar surface area (TPSA) is 30.2 Å². The lowest BCUT2D eigenvalue weighted by Crippen LogP contribution is -2.06. The van der Waals surface area contributed by atoms with Gasteiger partial charge in [0.15, 0.2) is 5.65 Å². The van der Waals surface area contributed by atoms with Gasteiger partial charge in [0.1, 0.15) is 0 Å². The van der Waals surface area contributed by atoms with Crippen LogP contribution in [0.5, 0.6) is 0 Å². The van der Waals surface area contributed by atoms with E-state index < -0.39 is 0 Å². The van der Waals surface area contributed by atoms with Gasteiger partial charge in [0.25, 0.3) is 0 Å². The highest BCUT2D eigenvalue weighted by Gasteiger charge is 2.14. The van der Waals surface area contributed by atoms with E-state index in [1.54, 1.807) is 0 Å². The van der Waals surface area contributed by atoms with Crippen molar-refractivity contribution in [3.63, 3.8) is 0 Å². The summed E-state index contributed by atoms with van der Waals surface area (Å²) in [6.07, 6.45) is 0. The number of fused-ring (bicyclic) bond motifs is 1. The fourth-order valence-electron chi connectivity index (χ4n) is 2.02. The fraction of sp³-hybridized carbons (Fsp3) is 0.600. The molecule has 2 rings (SSSR count). The van der Waals surface area contributed by atoms with Gasteiger partial charge in [-0.1, -0.05) is 41.5 Å². The molecule has 0 aromatic carbocycles. The second-order valence-electron chi connectivity index (χ2n) is 5.91. The standard InChI is InChI=1S/C15H23N3/c1-9(2)12-7-14(11(5)6)18-15(16-12)8-13(17-18)10(3)4/h7-11H,1-6H3. The van der Waals surface area contributed by atoms with Crippen molar-refractivity contribution in [3.8, 4) is 0 Å². The number of hydrogen-bond donors (Lipinski definition) is 0. The zero-order valence-electron chi connectivity index (χ0n) is 12.2. The van der Waals surface area contributed by atoms with E-state index in [-0.39, 0.29) is 0 Å². The summed E-state index contributed by atoms with van der Waals surface area (Å²) in [7, 11) is 0. The van der Waals surface area contributed by atoms with Crippen molar-refractivity contribution in [3.05, 3.63) is 29.2 Å². The Kier molecular flexibility index (Phi) is 3.42. The minimum atomic E-state index is 0.439. The molecule has 0 atom stereocenters. The molecule has 0 spiro atoms. The average molecular weight is 245 g/mol. The molecule has 0 aliphatic heterocycles. The van der Waals surface area contributed by atoms with Gasteiger partial charge < -0.3 is 0 Å². The van der Waals surface area contributed by atoms with Crippen molar-refractivity contribution in [2.45, 2.75) is 59.3 Å². The monoisotopic (exact) mass is 245 g/mol. The van der Waals surface area contributed by atoms with Crippen LogP contribution in [0, 0.1) is 0 Å². The van der Waals surface area contributed by atoms with Gasteiger partial charge in [-0.15, -0.1) is 0 Å². The summed E-state index contributed by atoms with van der Waals surface area (Å²) in [6, 6.07) is 4.31. The summed E-state index contributed by atoms with van der Waals surface area (Å²) < 4.78 is 2.01. The van der Waals surface area contributed by atoms with Crippen LogP contribution < -0.4 is 0 Å². The first-order valence-electron chi connectivity index (χ1n) is 6.80. The predicted molar refractivity (Wildman–Crippen MR) is 75.3 cm³/mol. The smallest absolute Gasteiger partial charge is 0.155 e. The zero-order chi connectivity index (χ0) is 13.4. The quantitative estimate of drug-likeness (QED) is 0.815. The van der Waals surface area contributed by atoms with Crippen molar-refractivity contribution in [1.29, 1.82) is 0 Å². The normalized spacial score (nSPS) is 12.3. The van der Waals surface area contributed by atoms with E-state index in [4.69, 9.17) is 4.98 Å². The Morgan fingerprint density at radius 2 is 1.44 bits per heavy atom. The molecule has 0 saturated carbocycles. The van der Waals surface area contributed by atoms with Gasteiger partial charge in [-0.05, 0) is 23.8 Å². The van der Waals surface area contributed by atoms with Gasteiger partial charge in [0.05, 0.1) is 5.69 Å². The molecule has 0 radical (unpaired) electrons. The molecule has 0 fully saturated rings. The van der Waals surface area contributed by atoms with Crippen LogP contribution in [0.25, 0.3) is 5.65 Å². The molecule has 18 heavy (non-hydrogen) atoms. The SMILES string of the molecule is CC(C)c1cc(C(C)C)n2nc(C(C)C)cc2n1. The fourth-order valence-corrected chi connectivity index (χ4v) is 2.02. The second kappa shape index (κ2) is 4.71. The first-order valence-corrected chi connectivity index (χ1v) is 6.80. The summed E-state index contributed by atoms with van der Waals surface area (Å²) in [5, 5.41) is 4.69. The molecular formula is C15H23N3. The molecule has 3 nitrogen and oxygen atoms in total. The summed E-state index contributed by atoms with van der Waals surface area (Å²) in [5.74, 6) is 1.34. The van der Waals surface area contributed by atoms with Crippen molar-refractivity contribution in [2.75, 3.05) is 0 Å². The van der Waals surface area contributed by atoms with Gasteiger partial charge >= 0.3 is 0 Å². The minimum Gasteiger partial charge on any atom is -0.233 e. The lowest BCUT2D eigenvalue weighted by Gasteiger charge is -2.12. The first kappa shape index (κ1) is 13.1. The Hall–Kier alpha value is -1.38. The molecule has 0 aliphatic carbocycles. The average Bonchev–Trinajstić information content (AvgIpc) is 2.70. The van der Waals surface area contributed by atoms with E-state index >= 15 is 0 Å². The minimum absolute atomic E-state index is 0.439. The highest BCUT2D eigenvalue weighted by atomic mass is 15.3. The summed E-state index contributed by atoms with van der Waals surface area (Å²) in [6.45, 7) is 13.1. The number of aromatic nitrogens is 3. The van der Waals surface area contributed by atoms with Crippen molar-refractivity contribution in [1.82, 2.24) is 14.6 Å². The van der Waals surface area contributed by atoms with E-state index in [1.807, 2.05) is 4.52 Å².